The summed E-state index contributed by atoms with van der Waals surface area (Å²) in [7, 11) is 5.43. The summed E-state index contributed by atoms with van der Waals surface area (Å²) >= 11 is 0. The van der Waals surface area contributed by atoms with E-state index in [-0.39, 0.29) is 17.3 Å². The normalized spacial score (nSPS) is 36.0. The number of hydrogen-bond acceptors (Lipinski definition) is 6. The average Bonchev–Trinajstić information content (AvgIpc) is 2.63. The molecule has 0 spiro atoms. The zero-order valence-corrected chi connectivity index (χ0v) is 15.0. The lowest BCUT2D eigenvalue weighted by Gasteiger charge is -2.59. The maximum absolute atomic E-state index is 11.0. The van der Waals surface area contributed by atoms with Crippen molar-refractivity contribution in [2.45, 2.75) is 43.2 Å². The molecule has 0 amide bonds. The first-order valence-corrected chi connectivity index (χ1v) is 8.89. The van der Waals surface area contributed by atoms with Gasteiger partial charge in [-0.3, -0.25) is 0 Å². The summed E-state index contributed by atoms with van der Waals surface area (Å²) in [6.07, 6.45) is 3.10. The summed E-state index contributed by atoms with van der Waals surface area (Å²) in [4.78, 5) is 2.43. The Bertz CT molecular complexity index is 720. The number of oxime groups is 1. The molecule has 1 saturated carbocycles. The molecule has 4 rings (SSSR count). The summed E-state index contributed by atoms with van der Waals surface area (Å²) in [6, 6.07) is 4.34. The van der Waals surface area contributed by atoms with Crippen molar-refractivity contribution >= 4 is 5.71 Å². The van der Waals surface area contributed by atoms with Gasteiger partial charge in [0.15, 0.2) is 11.5 Å². The Morgan fingerprint density at radius 2 is 2.12 bits per heavy atom. The fourth-order valence-corrected chi connectivity index (χ4v) is 5.57. The largest absolute Gasteiger partial charge is 0.504 e. The van der Waals surface area contributed by atoms with Gasteiger partial charge in [-0.15, -0.1) is 0 Å². The molecule has 4 atom stereocenters. The van der Waals surface area contributed by atoms with E-state index in [1.807, 2.05) is 6.07 Å². The molecule has 6 heteroatoms. The smallest absolute Gasteiger partial charge is 0.161 e. The lowest BCUT2D eigenvalue weighted by atomic mass is 9.51. The van der Waals surface area contributed by atoms with Gasteiger partial charge in [-0.25, -0.2) is 0 Å². The molecule has 25 heavy (non-hydrogen) atoms. The Hall–Kier alpha value is -1.79. The Balaban J connectivity index is 1.92. The van der Waals surface area contributed by atoms with Crippen LogP contribution in [0.2, 0.25) is 0 Å². The lowest BCUT2D eigenvalue weighted by molar-refractivity contribution is -0.0126. The predicted molar refractivity (Wildman–Crippen MR) is 93.8 cm³/mol. The van der Waals surface area contributed by atoms with Crippen LogP contribution < -0.4 is 4.74 Å². The number of methoxy groups -OCH3 is 2. The van der Waals surface area contributed by atoms with E-state index in [1.54, 1.807) is 14.2 Å². The number of ether oxygens (including phenoxy) is 2. The molecule has 0 aromatic heterocycles. The molecule has 1 aliphatic heterocycles. The molecule has 2 aliphatic carbocycles. The van der Waals surface area contributed by atoms with Gasteiger partial charge in [-0.2, -0.15) is 0 Å². The molecule has 0 radical (unpaired) electrons. The molecule has 136 valence electrons. The third-order valence-corrected chi connectivity index (χ3v) is 6.77. The van der Waals surface area contributed by atoms with Crippen LogP contribution in [0.4, 0.5) is 0 Å². The van der Waals surface area contributed by atoms with E-state index < -0.39 is 0 Å². The second-order valence-corrected chi connectivity index (χ2v) is 7.64. The van der Waals surface area contributed by atoms with Crippen molar-refractivity contribution in [3.8, 4) is 11.5 Å². The summed E-state index contributed by atoms with van der Waals surface area (Å²) in [5.74, 6) is 1.12. The van der Waals surface area contributed by atoms with Gasteiger partial charge in [0.1, 0.15) is 0 Å². The van der Waals surface area contributed by atoms with Crippen LogP contribution in [0.25, 0.3) is 0 Å². The topological polar surface area (TPSA) is 74.5 Å². The van der Waals surface area contributed by atoms with Crippen molar-refractivity contribution in [2.75, 3.05) is 27.8 Å². The van der Waals surface area contributed by atoms with E-state index in [2.05, 4.69) is 23.2 Å². The Morgan fingerprint density at radius 3 is 2.80 bits per heavy atom. The number of nitrogens with zero attached hydrogens (tertiary/aromatic N) is 2. The van der Waals surface area contributed by atoms with Crippen LogP contribution >= 0.6 is 0 Å². The fourth-order valence-electron chi connectivity index (χ4n) is 5.57. The second-order valence-electron chi connectivity index (χ2n) is 7.64. The molecule has 3 aliphatic rings. The van der Waals surface area contributed by atoms with E-state index in [4.69, 9.17) is 9.47 Å². The summed E-state index contributed by atoms with van der Waals surface area (Å²) in [6.45, 7) is 0.966. The summed E-state index contributed by atoms with van der Waals surface area (Å²) in [5.41, 5.74) is 2.63. The summed E-state index contributed by atoms with van der Waals surface area (Å²) < 4.78 is 11.0. The minimum Gasteiger partial charge on any atom is -0.504 e. The third kappa shape index (κ3) is 2.20. The fraction of sp³-hybridized carbons (Fsp3) is 0.632. The number of phenols is 1. The number of fused-ring (bicyclic) bond motifs is 1. The number of piperidine rings is 1. The molecular formula is C19H26N2O4. The minimum atomic E-state index is -0.222. The molecule has 6 nitrogen and oxygen atoms in total. The quantitative estimate of drug-likeness (QED) is 0.634. The minimum absolute atomic E-state index is 0.161. The monoisotopic (exact) mass is 346 g/mol. The summed E-state index contributed by atoms with van der Waals surface area (Å²) in [5, 5.41) is 24.1. The highest BCUT2D eigenvalue weighted by atomic mass is 16.5. The highest BCUT2D eigenvalue weighted by Crippen LogP contribution is 2.58. The van der Waals surface area contributed by atoms with Crippen molar-refractivity contribution < 1.29 is 19.8 Å². The highest BCUT2D eigenvalue weighted by molar-refractivity contribution is 5.91. The van der Waals surface area contributed by atoms with Gasteiger partial charge >= 0.3 is 0 Å². The first-order chi connectivity index (χ1) is 12.1. The number of phenolic OH excluding ortho intramolecular Hbond substituents is 1. The van der Waals surface area contributed by atoms with Gasteiger partial charge in [0.25, 0.3) is 0 Å². The SMILES string of the molecule is COc1ccc2c(c1O)[C@@]13CCN(C)[C@@H](C2)[C@H]1CC(OC)/C(=N/O)C3. The van der Waals surface area contributed by atoms with Crippen LogP contribution in [0.5, 0.6) is 11.5 Å². The molecule has 2 bridgehead atoms. The van der Waals surface area contributed by atoms with E-state index in [1.165, 1.54) is 5.56 Å². The second kappa shape index (κ2) is 5.88. The molecule has 2 fully saturated rings. The first-order valence-electron chi connectivity index (χ1n) is 8.89. The van der Waals surface area contributed by atoms with Gasteiger partial charge in [0.2, 0.25) is 0 Å². The number of benzene rings is 1. The Morgan fingerprint density at radius 1 is 1.32 bits per heavy atom. The van der Waals surface area contributed by atoms with Crippen LogP contribution in [-0.2, 0) is 16.6 Å². The van der Waals surface area contributed by atoms with Crippen molar-refractivity contribution in [1.82, 2.24) is 4.90 Å². The number of hydrogen-bond donors (Lipinski definition) is 2. The van der Waals surface area contributed by atoms with E-state index in [0.717, 1.165) is 31.4 Å². The number of likely N-dealkylation sites (tertiary alicyclic amines) is 1. The van der Waals surface area contributed by atoms with Crippen molar-refractivity contribution in [3.63, 3.8) is 0 Å². The Kier molecular flexibility index (Phi) is 3.92. The zero-order valence-electron chi connectivity index (χ0n) is 15.0. The predicted octanol–water partition coefficient (Wildman–Crippen LogP) is 2.15. The molecular weight excluding hydrogens is 320 g/mol. The van der Waals surface area contributed by atoms with Crippen LogP contribution in [0.15, 0.2) is 17.3 Å². The molecule has 1 saturated heterocycles. The zero-order chi connectivity index (χ0) is 17.8. The van der Waals surface area contributed by atoms with Crippen molar-refractivity contribution in [2.24, 2.45) is 11.1 Å². The third-order valence-electron chi connectivity index (χ3n) is 6.77. The first kappa shape index (κ1) is 16.7. The molecule has 2 N–H and O–H groups in total. The van der Waals surface area contributed by atoms with Crippen LogP contribution in [0, 0.1) is 5.92 Å². The van der Waals surface area contributed by atoms with Gasteiger partial charge < -0.3 is 24.7 Å². The molecule has 1 heterocycles. The highest BCUT2D eigenvalue weighted by Gasteiger charge is 2.58. The standard InChI is InChI=1S/C19H26N2O4/c1-21-7-6-19-10-13(20-23)16(25-3)9-12(19)14(21)8-11-4-5-15(24-2)18(22)17(11)19/h4-5,12,14,16,22-23H,6-10H2,1-3H3/b20-13+/t12-,14+,16?,19-/m1/s1. The molecule has 1 aromatic carbocycles. The molecule has 1 aromatic rings. The number of aromatic hydroxyl groups is 1. The number of rotatable bonds is 2. The van der Waals surface area contributed by atoms with Crippen LogP contribution in [0.3, 0.4) is 0 Å². The van der Waals surface area contributed by atoms with E-state index in [9.17, 15) is 10.3 Å². The van der Waals surface area contributed by atoms with Crippen molar-refractivity contribution in [1.29, 1.82) is 0 Å². The van der Waals surface area contributed by atoms with Crippen LogP contribution in [0.1, 0.15) is 30.4 Å². The van der Waals surface area contributed by atoms with Crippen molar-refractivity contribution in [3.05, 3.63) is 23.3 Å². The van der Waals surface area contributed by atoms with Gasteiger partial charge in [-0.1, -0.05) is 11.2 Å². The maximum atomic E-state index is 11.0. The lowest BCUT2D eigenvalue weighted by Crippen LogP contribution is -2.63. The van der Waals surface area contributed by atoms with E-state index in [0.29, 0.717) is 29.8 Å². The maximum Gasteiger partial charge on any atom is 0.161 e. The molecule has 1 unspecified atom stereocenters. The average molecular weight is 346 g/mol. The Labute approximate surface area is 148 Å². The van der Waals surface area contributed by atoms with Gasteiger partial charge in [0, 0.05) is 30.6 Å². The van der Waals surface area contributed by atoms with Crippen LogP contribution in [-0.4, -0.2) is 60.9 Å². The number of likely N-dealkylation sites (N-methyl/N-ethyl adjacent to an activating group) is 1. The van der Waals surface area contributed by atoms with Gasteiger partial charge in [0.05, 0.1) is 18.9 Å². The van der Waals surface area contributed by atoms with E-state index >= 15 is 0 Å². The van der Waals surface area contributed by atoms with Gasteiger partial charge in [-0.05, 0) is 50.4 Å².